The number of nitrogens with one attached hydrogen (secondary N) is 1. The number of pyridine rings is 1. The highest BCUT2D eigenvalue weighted by Gasteiger charge is 2.31. The first kappa shape index (κ1) is 29.8. The smallest absolute Gasteiger partial charge is 0.417 e. The Hall–Kier alpha value is -4.18. The van der Waals surface area contributed by atoms with Gasteiger partial charge in [-0.25, -0.2) is 4.98 Å². The first-order valence-corrected chi connectivity index (χ1v) is 13.3. The standard InChI is InChI=1S/C30H27ClF3N3O4/c1-2-3-20(14-18-4-6-19(7-5-18)29(41)35-13-12-27(38)39)28(40)25-16-21-15-23(31)9-10-24(21)37(25)26-11-8-22(17-36-26)30(32,33)34/h4-11,15-17,20H,2-3,12-14H2,1H3,(H,35,41)(H,38,39)/t20-/m0/s1. The van der Waals surface area contributed by atoms with Crippen LogP contribution in [0.2, 0.25) is 5.02 Å². The van der Waals surface area contributed by atoms with Crippen molar-refractivity contribution >= 4 is 40.2 Å². The fourth-order valence-corrected chi connectivity index (χ4v) is 4.83. The van der Waals surface area contributed by atoms with E-state index in [9.17, 15) is 27.6 Å². The largest absolute Gasteiger partial charge is 0.481 e. The summed E-state index contributed by atoms with van der Waals surface area (Å²) in [7, 11) is 0. The zero-order valence-corrected chi connectivity index (χ0v) is 22.8. The molecule has 0 aliphatic carbocycles. The highest BCUT2D eigenvalue weighted by Crippen LogP contribution is 2.32. The summed E-state index contributed by atoms with van der Waals surface area (Å²) < 4.78 is 41.0. The van der Waals surface area contributed by atoms with Crippen LogP contribution in [-0.4, -0.2) is 38.9 Å². The number of ketones is 1. The molecule has 0 aliphatic rings. The van der Waals surface area contributed by atoms with Crippen LogP contribution >= 0.6 is 11.6 Å². The van der Waals surface area contributed by atoms with Gasteiger partial charge in [-0.15, -0.1) is 0 Å². The molecule has 0 spiro atoms. The molecular weight excluding hydrogens is 559 g/mol. The maximum absolute atomic E-state index is 14.0. The Morgan fingerprint density at radius 3 is 2.39 bits per heavy atom. The number of carboxylic acids is 1. The number of amides is 1. The number of aliphatic carboxylic acids is 1. The Morgan fingerprint density at radius 1 is 1.05 bits per heavy atom. The minimum atomic E-state index is -4.54. The summed E-state index contributed by atoms with van der Waals surface area (Å²) in [6.45, 7) is 1.97. The molecule has 1 amide bonds. The number of aromatic nitrogens is 2. The summed E-state index contributed by atoms with van der Waals surface area (Å²) in [5.74, 6) is -1.89. The SMILES string of the molecule is CCC[C@@H](Cc1ccc(C(=O)NCCC(=O)O)cc1)C(=O)c1cc2cc(Cl)ccc2n1-c1ccc(C(F)(F)F)cn1. The van der Waals surface area contributed by atoms with Gasteiger partial charge in [0, 0.05) is 34.6 Å². The van der Waals surface area contributed by atoms with Crippen LogP contribution in [-0.2, 0) is 17.4 Å². The molecule has 0 fully saturated rings. The van der Waals surface area contributed by atoms with Crippen molar-refractivity contribution in [3.8, 4) is 5.82 Å². The van der Waals surface area contributed by atoms with Crippen molar-refractivity contribution < 1.29 is 32.7 Å². The molecule has 0 bridgehead atoms. The van der Waals surface area contributed by atoms with Crippen molar-refractivity contribution in [2.75, 3.05) is 6.54 Å². The first-order valence-electron chi connectivity index (χ1n) is 13.0. The normalized spacial score (nSPS) is 12.3. The lowest BCUT2D eigenvalue weighted by molar-refractivity contribution is -0.138. The number of nitrogens with zero attached hydrogens (tertiary/aromatic N) is 2. The van der Waals surface area contributed by atoms with Crippen LogP contribution in [0, 0.1) is 5.92 Å². The predicted molar refractivity (Wildman–Crippen MR) is 149 cm³/mol. The number of carbonyl (C=O) groups excluding carboxylic acids is 2. The van der Waals surface area contributed by atoms with Crippen molar-refractivity contribution in [3.05, 3.63) is 94.3 Å². The van der Waals surface area contributed by atoms with Gasteiger partial charge in [0.05, 0.1) is 23.2 Å². The molecule has 41 heavy (non-hydrogen) atoms. The molecule has 2 aromatic heterocycles. The fourth-order valence-electron chi connectivity index (χ4n) is 4.65. The minimum Gasteiger partial charge on any atom is -0.481 e. The van der Waals surface area contributed by atoms with Gasteiger partial charge in [-0.05, 0) is 66.9 Å². The summed E-state index contributed by atoms with van der Waals surface area (Å²) in [5.41, 5.74) is 1.15. The van der Waals surface area contributed by atoms with Crippen LogP contribution in [0.3, 0.4) is 0 Å². The molecule has 0 saturated carbocycles. The van der Waals surface area contributed by atoms with Gasteiger partial charge in [0.15, 0.2) is 5.78 Å². The molecule has 2 N–H and O–H groups in total. The predicted octanol–water partition coefficient (Wildman–Crippen LogP) is 6.74. The van der Waals surface area contributed by atoms with Crippen molar-refractivity contribution in [2.24, 2.45) is 5.92 Å². The average Bonchev–Trinajstić information content (AvgIpc) is 3.30. The van der Waals surface area contributed by atoms with Crippen molar-refractivity contribution in [2.45, 2.75) is 38.8 Å². The van der Waals surface area contributed by atoms with Gasteiger partial charge in [-0.2, -0.15) is 13.2 Å². The van der Waals surface area contributed by atoms with Crippen LogP contribution in [0.4, 0.5) is 13.2 Å². The topological polar surface area (TPSA) is 101 Å². The molecule has 0 aliphatic heterocycles. The van der Waals surface area contributed by atoms with Crippen LogP contribution in [0.5, 0.6) is 0 Å². The third-order valence-corrected chi connectivity index (χ3v) is 6.89. The Morgan fingerprint density at radius 2 is 1.78 bits per heavy atom. The number of halogens is 4. The molecule has 4 rings (SSSR count). The quantitative estimate of drug-likeness (QED) is 0.190. The second-order valence-electron chi connectivity index (χ2n) is 9.62. The maximum Gasteiger partial charge on any atom is 0.417 e. The highest BCUT2D eigenvalue weighted by atomic mass is 35.5. The highest BCUT2D eigenvalue weighted by molar-refractivity contribution is 6.31. The zero-order chi connectivity index (χ0) is 29.7. The van der Waals surface area contributed by atoms with E-state index in [2.05, 4.69) is 10.3 Å². The molecule has 2 heterocycles. The van der Waals surface area contributed by atoms with E-state index in [-0.39, 0.29) is 30.3 Å². The van der Waals surface area contributed by atoms with Crippen molar-refractivity contribution in [1.82, 2.24) is 14.9 Å². The van der Waals surface area contributed by atoms with Crippen molar-refractivity contribution in [3.63, 3.8) is 0 Å². The number of hydrogen-bond acceptors (Lipinski definition) is 4. The number of fused-ring (bicyclic) bond motifs is 1. The second kappa shape index (κ2) is 12.6. The number of hydrogen-bond donors (Lipinski definition) is 2. The molecule has 7 nitrogen and oxygen atoms in total. The van der Waals surface area contributed by atoms with Crippen LogP contribution in [0.1, 0.15) is 58.2 Å². The van der Waals surface area contributed by atoms with Crippen molar-refractivity contribution in [1.29, 1.82) is 0 Å². The molecule has 0 saturated heterocycles. The third-order valence-electron chi connectivity index (χ3n) is 6.65. The Kier molecular flexibility index (Phi) is 9.12. The molecule has 0 radical (unpaired) electrons. The molecule has 11 heteroatoms. The zero-order valence-electron chi connectivity index (χ0n) is 22.0. The first-order chi connectivity index (χ1) is 19.5. The molecule has 1 atom stereocenters. The molecular formula is C30H27ClF3N3O4. The van der Waals surface area contributed by atoms with Gasteiger partial charge < -0.3 is 10.4 Å². The van der Waals surface area contributed by atoms with E-state index in [0.717, 1.165) is 17.8 Å². The second-order valence-corrected chi connectivity index (χ2v) is 10.1. The number of alkyl halides is 3. The summed E-state index contributed by atoms with van der Waals surface area (Å²) in [4.78, 5) is 41.0. The number of carbonyl (C=O) groups is 3. The summed E-state index contributed by atoms with van der Waals surface area (Å²) >= 11 is 6.18. The number of benzene rings is 2. The van der Waals surface area contributed by atoms with Gasteiger partial charge in [-0.1, -0.05) is 37.1 Å². The summed E-state index contributed by atoms with van der Waals surface area (Å²) in [6.07, 6.45) is -2.35. The molecule has 2 aromatic carbocycles. The van der Waals surface area contributed by atoms with E-state index in [0.29, 0.717) is 40.8 Å². The van der Waals surface area contributed by atoms with E-state index in [1.807, 2.05) is 6.92 Å². The summed E-state index contributed by atoms with van der Waals surface area (Å²) in [5, 5.41) is 12.4. The monoisotopic (exact) mass is 585 g/mol. The van der Waals surface area contributed by atoms with Gasteiger partial charge >= 0.3 is 12.1 Å². The number of rotatable bonds is 11. The Balaban J connectivity index is 1.64. The van der Waals surface area contributed by atoms with Gasteiger partial charge in [0.1, 0.15) is 5.82 Å². The number of Topliss-reactive ketones (excluding diaryl/α,β-unsaturated/α-hetero) is 1. The van der Waals surface area contributed by atoms with Gasteiger partial charge in [-0.3, -0.25) is 19.0 Å². The van der Waals surface area contributed by atoms with Gasteiger partial charge in [0.2, 0.25) is 0 Å². The lowest BCUT2D eigenvalue weighted by atomic mass is 9.89. The van der Waals surface area contributed by atoms with E-state index >= 15 is 0 Å². The number of carboxylic acid groups (broad SMARTS) is 1. The summed E-state index contributed by atoms with van der Waals surface area (Å²) in [6, 6.07) is 15.6. The Labute approximate surface area is 239 Å². The van der Waals surface area contributed by atoms with Crippen LogP contribution in [0.15, 0.2) is 66.9 Å². The molecule has 0 unspecified atom stereocenters. The van der Waals surface area contributed by atoms with Crippen LogP contribution in [0.25, 0.3) is 16.7 Å². The van der Waals surface area contributed by atoms with E-state index in [4.69, 9.17) is 16.7 Å². The minimum absolute atomic E-state index is 0.00992. The third kappa shape index (κ3) is 7.13. The fraction of sp³-hybridized carbons (Fsp3) is 0.267. The van der Waals surface area contributed by atoms with E-state index < -0.39 is 29.5 Å². The lowest BCUT2D eigenvalue weighted by Gasteiger charge is -2.18. The van der Waals surface area contributed by atoms with Crippen LogP contribution < -0.4 is 5.32 Å². The Bertz CT molecular complexity index is 1570. The van der Waals surface area contributed by atoms with Gasteiger partial charge in [0.25, 0.3) is 5.91 Å². The van der Waals surface area contributed by atoms with E-state index in [1.54, 1.807) is 53.1 Å². The maximum atomic E-state index is 14.0. The average molecular weight is 586 g/mol. The van der Waals surface area contributed by atoms with E-state index in [1.165, 1.54) is 6.07 Å². The molecule has 4 aromatic rings. The lowest BCUT2D eigenvalue weighted by Crippen LogP contribution is -2.26. The molecule has 214 valence electrons.